The van der Waals surface area contributed by atoms with Crippen LogP contribution in [0, 0.1) is 0 Å². The maximum atomic E-state index is 15.6. The largest absolute Gasteiger partial charge is 0.351 e. The van der Waals surface area contributed by atoms with Gasteiger partial charge in [-0.3, -0.25) is 32.8 Å². The first kappa shape index (κ1) is 52.8. The Morgan fingerprint density at radius 2 is 1.03 bits per heavy atom. The van der Waals surface area contributed by atoms with Crippen molar-refractivity contribution in [2.24, 2.45) is 0 Å². The average molecular weight is 1060 g/mol. The lowest BCUT2D eigenvalue weighted by atomic mass is 9.75. The van der Waals surface area contributed by atoms with Gasteiger partial charge in [0.2, 0.25) is 0 Å². The minimum Gasteiger partial charge on any atom is -0.351 e. The molecule has 75 heavy (non-hydrogen) atoms. The number of nitrogens with zero attached hydrogens (tertiary/aromatic N) is 7. The van der Waals surface area contributed by atoms with Crippen molar-refractivity contribution >= 4 is 38.7 Å². The summed E-state index contributed by atoms with van der Waals surface area (Å²) < 4.78 is 52.8. The topological polar surface area (TPSA) is 240 Å². The predicted molar refractivity (Wildman–Crippen MR) is 280 cm³/mol. The molecule has 4 N–H and O–H groups in total. The zero-order chi connectivity index (χ0) is 52.7. The number of benzene rings is 5. The molecule has 5 aromatic carbocycles. The summed E-state index contributed by atoms with van der Waals surface area (Å²) in [6, 6.07) is 49.5. The molecular formula is C53H55N9O11P2. The van der Waals surface area contributed by atoms with Crippen molar-refractivity contribution in [3.05, 3.63) is 225 Å². The Hall–Kier alpha value is -7.06. The van der Waals surface area contributed by atoms with Gasteiger partial charge in [-0.05, 0) is 67.2 Å². The van der Waals surface area contributed by atoms with E-state index in [-0.39, 0.29) is 44.4 Å². The van der Waals surface area contributed by atoms with Gasteiger partial charge in [0.15, 0.2) is 12.5 Å². The Morgan fingerprint density at radius 3 is 1.44 bits per heavy atom. The van der Waals surface area contributed by atoms with E-state index in [0.29, 0.717) is 11.1 Å². The SMILES string of the molecule is CN(C)P(=O)(OC[C@@H]1CN(C(c2ccccc2)(c2ccccc2)c2ccccc2)C[C@H](n2ccc(NC(=O)c3ccccc3)nc2=O)O1)N1C[C@@H](CP(=O)(O)O)O[C@@H](n2ccc(NC(=O)c3ccccc3)nc2=O)C1. The van der Waals surface area contributed by atoms with Gasteiger partial charge in [-0.2, -0.15) is 9.97 Å². The van der Waals surface area contributed by atoms with Gasteiger partial charge in [0.1, 0.15) is 11.6 Å². The Bertz CT molecular complexity index is 3220. The summed E-state index contributed by atoms with van der Waals surface area (Å²) in [5.74, 6) is -0.973. The number of rotatable bonds is 17. The maximum absolute atomic E-state index is 15.6. The van der Waals surface area contributed by atoms with E-state index in [1.807, 2.05) is 91.0 Å². The van der Waals surface area contributed by atoms with E-state index < -0.39 is 74.8 Å². The molecule has 9 rings (SSSR count). The van der Waals surface area contributed by atoms with Crippen LogP contribution in [-0.2, 0) is 28.7 Å². The van der Waals surface area contributed by atoms with Gasteiger partial charge in [-0.1, -0.05) is 127 Å². The standard InChI is InChI=1S/C53H55N9O11P2/c1-58(2)75(70,60-33-44(37-74(67,68)69)73-48(35-60)62-31-29-46(57-52(62)66)55-50(64)39-20-10-4-11-21-39)71-36-43-32-59(34-47(72-43)61-30-28-45(56-51(61)65)54-49(63)38-18-8-3-9-19-38)53(40-22-12-5-13-23-40,41-24-14-6-15-25-41)42-26-16-7-17-27-42/h3-31,43-44,47-48H,32-37H2,1-2H3,(H2,67,68,69)(H,54,56,63,65)(H,55,57,64,66)/t43-,44-,47+,48+,75?/m0/s1. The first-order valence-electron chi connectivity index (χ1n) is 24.0. The van der Waals surface area contributed by atoms with Crippen LogP contribution in [0.5, 0.6) is 0 Å². The van der Waals surface area contributed by atoms with Crippen LogP contribution in [0.4, 0.5) is 11.6 Å². The third kappa shape index (κ3) is 11.9. The number of ether oxygens (including phenoxy) is 2. The molecule has 0 saturated carbocycles. The molecule has 20 nitrogen and oxygen atoms in total. The molecule has 0 spiro atoms. The number of amides is 2. The minimum absolute atomic E-state index is 0.0291. The zero-order valence-electron chi connectivity index (χ0n) is 40.9. The molecule has 388 valence electrons. The van der Waals surface area contributed by atoms with Crippen molar-refractivity contribution in [3.8, 4) is 0 Å². The van der Waals surface area contributed by atoms with Crippen molar-refractivity contribution < 1.29 is 42.5 Å². The van der Waals surface area contributed by atoms with Gasteiger partial charge >= 0.3 is 26.6 Å². The fraction of sp³-hybridized carbons (Fsp3) is 0.245. The predicted octanol–water partition coefficient (Wildman–Crippen LogP) is 6.26. The Kier molecular flexibility index (Phi) is 16.1. The highest BCUT2D eigenvalue weighted by atomic mass is 31.2. The Balaban J connectivity index is 1.06. The van der Waals surface area contributed by atoms with E-state index in [0.717, 1.165) is 21.3 Å². The number of carbonyl (C=O) groups is 2. The number of carbonyl (C=O) groups excluding carboxylic acids is 2. The van der Waals surface area contributed by atoms with Crippen LogP contribution in [0.25, 0.3) is 0 Å². The summed E-state index contributed by atoms with van der Waals surface area (Å²) >= 11 is 0. The molecule has 0 aliphatic carbocycles. The monoisotopic (exact) mass is 1060 g/mol. The molecule has 2 fully saturated rings. The second-order valence-electron chi connectivity index (χ2n) is 18.1. The van der Waals surface area contributed by atoms with Crippen LogP contribution < -0.4 is 22.0 Å². The molecule has 2 saturated heterocycles. The normalized spacial score (nSPS) is 19.5. The molecular weight excluding hydrogens is 1000 g/mol. The van der Waals surface area contributed by atoms with Crippen molar-refractivity contribution in [1.82, 2.24) is 33.3 Å². The smallest absolute Gasteiger partial charge is 0.351 e. The molecule has 2 aliphatic heterocycles. The summed E-state index contributed by atoms with van der Waals surface area (Å²) in [5.41, 5.74) is 0.814. The molecule has 2 aromatic heterocycles. The van der Waals surface area contributed by atoms with E-state index in [2.05, 4.69) is 25.5 Å². The van der Waals surface area contributed by atoms with Crippen LogP contribution in [0.15, 0.2) is 186 Å². The number of hydrogen-bond acceptors (Lipinski definition) is 12. The third-order valence-electron chi connectivity index (χ3n) is 12.9. The van der Waals surface area contributed by atoms with Crippen LogP contribution in [0.3, 0.4) is 0 Å². The lowest BCUT2D eigenvalue weighted by Gasteiger charge is -2.51. The number of hydrogen-bond donors (Lipinski definition) is 4. The number of nitrogens with one attached hydrogen (secondary N) is 2. The number of aromatic nitrogens is 4. The van der Waals surface area contributed by atoms with Crippen LogP contribution in [0.1, 0.15) is 49.9 Å². The van der Waals surface area contributed by atoms with Gasteiger partial charge in [0.25, 0.3) is 11.8 Å². The third-order valence-corrected chi connectivity index (χ3v) is 16.3. The van der Waals surface area contributed by atoms with Gasteiger partial charge in [0.05, 0.1) is 37.1 Å². The second-order valence-corrected chi connectivity index (χ2v) is 22.4. The fourth-order valence-electron chi connectivity index (χ4n) is 9.54. The van der Waals surface area contributed by atoms with E-state index >= 15 is 4.57 Å². The highest BCUT2D eigenvalue weighted by Crippen LogP contribution is 2.55. The zero-order valence-corrected chi connectivity index (χ0v) is 42.7. The highest BCUT2D eigenvalue weighted by molar-refractivity contribution is 7.54. The molecule has 1 unspecified atom stereocenters. The Morgan fingerprint density at radius 1 is 0.613 bits per heavy atom. The Labute approximate surface area is 431 Å². The molecule has 22 heteroatoms. The van der Waals surface area contributed by atoms with Crippen LogP contribution in [0.2, 0.25) is 0 Å². The van der Waals surface area contributed by atoms with Crippen molar-refractivity contribution in [3.63, 3.8) is 0 Å². The van der Waals surface area contributed by atoms with Crippen molar-refractivity contribution in [1.29, 1.82) is 0 Å². The fourth-order valence-corrected chi connectivity index (χ4v) is 12.3. The minimum atomic E-state index is -4.75. The van der Waals surface area contributed by atoms with Gasteiger partial charge in [-0.15, -0.1) is 0 Å². The van der Waals surface area contributed by atoms with Crippen LogP contribution in [-0.4, -0.2) is 120 Å². The maximum Gasteiger partial charge on any atom is 0.351 e. The van der Waals surface area contributed by atoms with Gasteiger partial charge in [0, 0.05) is 43.2 Å². The molecule has 0 bridgehead atoms. The molecule has 2 aliphatic rings. The molecule has 5 atom stereocenters. The lowest BCUT2D eigenvalue weighted by molar-refractivity contribution is -0.150. The summed E-state index contributed by atoms with van der Waals surface area (Å²) in [6.45, 7) is -0.621. The van der Waals surface area contributed by atoms with Crippen molar-refractivity contribution in [2.75, 3.05) is 63.7 Å². The quantitative estimate of drug-likeness (QED) is 0.0581. The molecule has 7 aromatic rings. The van der Waals surface area contributed by atoms with E-state index in [1.54, 1.807) is 60.7 Å². The summed E-state index contributed by atoms with van der Waals surface area (Å²) in [6.07, 6.45) is -2.45. The summed E-state index contributed by atoms with van der Waals surface area (Å²) in [7, 11) is -5.91. The second kappa shape index (κ2) is 22.8. The van der Waals surface area contributed by atoms with E-state index in [1.165, 1.54) is 52.5 Å². The number of morpholine rings is 2. The van der Waals surface area contributed by atoms with E-state index in [9.17, 15) is 33.5 Å². The van der Waals surface area contributed by atoms with Gasteiger partial charge in [-0.25, -0.2) is 18.9 Å². The molecule has 0 radical (unpaired) electrons. The van der Waals surface area contributed by atoms with Gasteiger partial charge < -0.3 is 34.4 Å². The average Bonchev–Trinajstić information content (AvgIpc) is 3.41. The molecule has 4 heterocycles. The lowest BCUT2D eigenvalue weighted by Crippen LogP contribution is -2.58. The summed E-state index contributed by atoms with van der Waals surface area (Å²) in [4.78, 5) is 84.6. The molecule has 2 amide bonds. The first-order chi connectivity index (χ1) is 36.1. The highest BCUT2D eigenvalue weighted by Gasteiger charge is 2.48. The van der Waals surface area contributed by atoms with Crippen LogP contribution >= 0.6 is 15.3 Å². The van der Waals surface area contributed by atoms with E-state index in [4.69, 9.17) is 14.0 Å². The first-order valence-corrected chi connectivity index (χ1v) is 27.3. The van der Waals surface area contributed by atoms with Crippen molar-refractivity contribution in [2.45, 2.75) is 30.2 Å². The number of anilines is 2. The summed E-state index contributed by atoms with van der Waals surface area (Å²) in [5, 5.41) is 5.29.